The average Bonchev–Trinajstić information content (AvgIpc) is 3.15. The minimum absolute atomic E-state index is 0.582. The molecule has 0 unspecified atom stereocenters. The van der Waals surface area contributed by atoms with E-state index in [0.29, 0.717) is 12.6 Å². The maximum atomic E-state index is 4.56. The highest BCUT2D eigenvalue weighted by Gasteiger charge is 2.20. The Kier molecular flexibility index (Phi) is 4.27. The van der Waals surface area contributed by atoms with Crippen LogP contribution in [0, 0.1) is 6.92 Å². The number of hydrogen-bond donors (Lipinski definition) is 1. The molecule has 2 aromatic heterocycles. The zero-order chi connectivity index (χ0) is 15.5. The first kappa shape index (κ1) is 14.8. The Hall–Kier alpha value is -2.11. The normalized spacial score (nSPS) is 15.2. The lowest BCUT2D eigenvalue weighted by Gasteiger charge is -2.13. The second-order valence-electron chi connectivity index (χ2n) is 6.17. The van der Waals surface area contributed by atoms with Crippen molar-refractivity contribution in [3.05, 3.63) is 29.8 Å². The van der Waals surface area contributed by atoms with Gasteiger partial charge in [-0.2, -0.15) is 5.10 Å². The van der Waals surface area contributed by atoms with Crippen molar-refractivity contribution in [1.82, 2.24) is 19.7 Å². The number of rotatable bonds is 5. The summed E-state index contributed by atoms with van der Waals surface area (Å²) in [5, 5.41) is 8.01. The van der Waals surface area contributed by atoms with Gasteiger partial charge in [-0.05, 0) is 19.8 Å². The number of nitrogens with one attached hydrogen (secondary N) is 1. The van der Waals surface area contributed by atoms with Crippen molar-refractivity contribution in [2.45, 2.75) is 45.2 Å². The molecule has 118 valence electrons. The number of aromatic nitrogens is 4. The van der Waals surface area contributed by atoms with Crippen LogP contribution in [0.2, 0.25) is 0 Å². The molecule has 0 saturated heterocycles. The molecule has 0 radical (unpaired) electrons. The first-order valence-corrected chi connectivity index (χ1v) is 7.91. The molecule has 6 heteroatoms. The summed E-state index contributed by atoms with van der Waals surface area (Å²) in [5.41, 5.74) is 3.39. The van der Waals surface area contributed by atoms with Crippen LogP contribution in [0.1, 0.15) is 43.0 Å². The van der Waals surface area contributed by atoms with Gasteiger partial charge in [-0.1, -0.05) is 12.8 Å². The lowest BCUT2D eigenvalue weighted by molar-refractivity contribution is 0.457. The summed E-state index contributed by atoms with van der Waals surface area (Å²) in [6.07, 6.45) is 10.8. The molecule has 0 spiro atoms. The maximum Gasteiger partial charge on any atom is 0.224 e. The van der Waals surface area contributed by atoms with Gasteiger partial charge < -0.3 is 10.2 Å². The first-order chi connectivity index (χ1) is 10.6. The Morgan fingerprint density at radius 3 is 2.50 bits per heavy atom. The number of hydrogen-bond acceptors (Lipinski definition) is 5. The smallest absolute Gasteiger partial charge is 0.224 e. The summed E-state index contributed by atoms with van der Waals surface area (Å²) in [4.78, 5) is 10.6. The summed E-state index contributed by atoms with van der Waals surface area (Å²) in [7, 11) is 3.88. The Bertz CT molecular complexity index is 610. The number of nitrogens with zero attached hydrogens (tertiary/aromatic N) is 5. The van der Waals surface area contributed by atoms with E-state index in [1.165, 1.54) is 31.4 Å². The second-order valence-corrected chi connectivity index (χ2v) is 6.17. The van der Waals surface area contributed by atoms with Gasteiger partial charge in [0.05, 0.1) is 23.6 Å². The van der Waals surface area contributed by atoms with E-state index in [4.69, 9.17) is 0 Å². The van der Waals surface area contributed by atoms with E-state index in [9.17, 15) is 0 Å². The van der Waals surface area contributed by atoms with E-state index in [2.05, 4.69) is 32.0 Å². The third-order valence-corrected chi connectivity index (χ3v) is 4.29. The molecule has 1 fully saturated rings. The van der Waals surface area contributed by atoms with Gasteiger partial charge in [-0.3, -0.25) is 4.68 Å². The van der Waals surface area contributed by atoms with E-state index in [0.717, 1.165) is 17.2 Å². The summed E-state index contributed by atoms with van der Waals surface area (Å²) >= 11 is 0. The van der Waals surface area contributed by atoms with Gasteiger partial charge in [-0.15, -0.1) is 0 Å². The van der Waals surface area contributed by atoms with Crippen molar-refractivity contribution in [3.8, 4) is 0 Å². The van der Waals surface area contributed by atoms with E-state index in [1.807, 2.05) is 37.6 Å². The predicted molar refractivity (Wildman–Crippen MR) is 88.2 cm³/mol. The zero-order valence-corrected chi connectivity index (χ0v) is 13.6. The quantitative estimate of drug-likeness (QED) is 0.920. The fourth-order valence-corrected chi connectivity index (χ4v) is 2.98. The molecule has 0 aromatic carbocycles. The van der Waals surface area contributed by atoms with Gasteiger partial charge in [0.1, 0.15) is 0 Å². The molecular formula is C16H24N6. The van der Waals surface area contributed by atoms with Crippen LogP contribution < -0.4 is 10.2 Å². The van der Waals surface area contributed by atoms with Crippen molar-refractivity contribution in [1.29, 1.82) is 0 Å². The minimum atomic E-state index is 0.582. The third-order valence-electron chi connectivity index (χ3n) is 4.29. The van der Waals surface area contributed by atoms with Crippen LogP contribution in [0.4, 0.5) is 11.6 Å². The molecule has 2 aromatic rings. The van der Waals surface area contributed by atoms with E-state index in [-0.39, 0.29) is 0 Å². The molecular weight excluding hydrogens is 276 g/mol. The molecule has 1 aliphatic rings. The van der Waals surface area contributed by atoms with Crippen molar-refractivity contribution in [2.75, 3.05) is 24.3 Å². The van der Waals surface area contributed by atoms with Crippen molar-refractivity contribution >= 4 is 11.6 Å². The largest absolute Gasteiger partial charge is 0.378 e. The van der Waals surface area contributed by atoms with Gasteiger partial charge in [0.25, 0.3) is 0 Å². The van der Waals surface area contributed by atoms with Crippen LogP contribution in [-0.2, 0) is 6.54 Å². The maximum absolute atomic E-state index is 4.56. The lowest BCUT2D eigenvalue weighted by Crippen LogP contribution is -2.13. The predicted octanol–water partition coefficient (Wildman–Crippen LogP) is 2.77. The Morgan fingerprint density at radius 1 is 1.18 bits per heavy atom. The van der Waals surface area contributed by atoms with Crippen LogP contribution in [0.15, 0.2) is 18.6 Å². The fourth-order valence-electron chi connectivity index (χ4n) is 2.98. The summed E-state index contributed by atoms with van der Waals surface area (Å²) < 4.78 is 2.18. The standard InChI is InChI=1S/C16H24N6/c1-12-15(11-20-22(12)14-6-4-5-7-14)17-8-13-9-18-16(19-10-13)21(2)3/h9-11,14,17H,4-8H2,1-3H3. The highest BCUT2D eigenvalue weighted by Crippen LogP contribution is 2.31. The third kappa shape index (κ3) is 3.05. The minimum Gasteiger partial charge on any atom is -0.378 e. The van der Waals surface area contributed by atoms with E-state index in [1.54, 1.807) is 0 Å². The molecule has 1 saturated carbocycles. The van der Waals surface area contributed by atoms with Crippen LogP contribution >= 0.6 is 0 Å². The van der Waals surface area contributed by atoms with Crippen molar-refractivity contribution < 1.29 is 0 Å². The summed E-state index contributed by atoms with van der Waals surface area (Å²) in [6, 6.07) is 0.582. The van der Waals surface area contributed by atoms with Crippen LogP contribution in [0.5, 0.6) is 0 Å². The van der Waals surface area contributed by atoms with Crippen LogP contribution in [0.25, 0.3) is 0 Å². The Balaban J connectivity index is 1.64. The Morgan fingerprint density at radius 2 is 1.86 bits per heavy atom. The van der Waals surface area contributed by atoms with Gasteiger partial charge >= 0.3 is 0 Å². The second kappa shape index (κ2) is 6.34. The Labute approximate surface area is 131 Å². The molecule has 22 heavy (non-hydrogen) atoms. The van der Waals surface area contributed by atoms with Gasteiger partial charge in [0.2, 0.25) is 5.95 Å². The molecule has 0 atom stereocenters. The monoisotopic (exact) mass is 300 g/mol. The highest BCUT2D eigenvalue weighted by molar-refractivity contribution is 5.46. The van der Waals surface area contributed by atoms with E-state index < -0.39 is 0 Å². The van der Waals surface area contributed by atoms with Crippen molar-refractivity contribution in [2.24, 2.45) is 0 Å². The lowest BCUT2D eigenvalue weighted by atomic mass is 10.2. The molecule has 3 rings (SSSR count). The van der Waals surface area contributed by atoms with Crippen LogP contribution in [-0.4, -0.2) is 33.8 Å². The zero-order valence-electron chi connectivity index (χ0n) is 13.6. The van der Waals surface area contributed by atoms with E-state index >= 15 is 0 Å². The number of anilines is 2. The van der Waals surface area contributed by atoms with Gasteiger partial charge in [-0.25, -0.2) is 9.97 Å². The van der Waals surface area contributed by atoms with Gasteiger partial charge in [0.15, 0.2) is 0 Å². The molecule has 0 aliphatic heterocycles. The first-order valence-electron chi connectivity index (χ1n) is 7.91. The van der Waals surface area contributed by atoms with Crippen molar-refractivity contribution in [3.63, 3.8) is 0 Å². The summed E-state index contributed by atoms with van der Waals surface area (Å²) in [5.74, 6) is 0.731. The highest BCUT2D eigenvalue weighted by atomic mass is 15.3. The SMILES string of the molecule is Cc1c(NCc2cnc(N(C)C)nc2)cnn1C1CCCC1. The topological polar surface area (TPSA) is 58.9 Å². The van der Waals surface area contributed by atoms with Crippen LogP contribution in [0.3, 0.4) is 0 Å². The van der Waals surface area contributed by atoms with Gasteiger partial charge in [0, 0.05) is 38.6 Å². The molecule has 1 aliphatic carbocycles. The molecule has 0 bridgehead atoms. The molecule has 0 amide bonds. The molecule has 2 heterocycles. The average molecular weight is 300 g/mol. The summed E-state index contributed by atoms with van der Waals surface area (Å²) in [6.45, 7) is 2.85. The molecule has 6 nitrogen and oxygen atoms in total. The fraction of sp³-hybridized carbons (Fsp3) is 0.562. The molecule has 1 N–H and O–H groups in total.